The van der Waals surface area contributed by atoms with Gasteiger partial charge in [0, 0.05) is 39.3 Å². The lowest BCUT2D eigenvalue weighted by atomic mass is 10.0. The number of rotatable bonds is 8. The van der Waals surface area contributed by atoms with E-state index in [0.717, 1.165) is 49.9 Å². The number of alkyl halides is 3. The van der Waals surface area contributed by atoms with Crippen LogP contribution in [0, 0.1) is 23.6 Å². The standard InChI is InChI=1S/C31H33F4N5O3/c32-24-6-8-25(9-7-24)40-28(31(33,34)35)26(14-36-40)30(42)39-17-22-15-38(16-23(22)18-39)12-10-27(20-4-2-1-3-5-20)37-29(41)21-11-13-43-19-21/h1-9,14,21-23,27H,10-13,15-19H2,(H,37,41)/t21?,22-,23?,27?/m0/s1. The number of ether oxygens (including phenoxy) is 1. The molecule has 2 amide bonds. The molecule has 3 fully saturated rings. The van der Waals surface area contributed by atoms with E-state index in [9.17, 15) is 27.2 Å². The summed E-state index contributed by atoms with van der Waals surface area (Å²) in [4.78, 5) is 30.0. The molecule has 4 atom stereocenters. The van der Waals surface area contributed by atoms with E-state index in [4.69, 9.17) is 4.74 Å². The molecule has 0 bridgehead atoms. The first-order chi connectivity index (χ1) is 20.7. The Bertz CT molecular complexity index is 1430. The molecule has 8 nitrogen and oxygen atoms in total. The van der Waals surface area contributed by atoms with Gasteiger partial charge in [0.05, 0.1) is 36.0 Å². The lowest BCUT2D eigenvalue weighted by Crippen LogP contribution is -2.37. The average molecular weight is 600 g/mol. The number of hydrogen-bond acceptors (Lipinski definition) is 5. The third-order valence-corrected chi connectivity index (χ3v) is 8.74. The van der Waals surface area contributed by atoms with Gasteiger partial charge >= 0.3 is 6.18 Å². The number of carbonyl (C=O) groups is 2. The van der Waals surface area contributed by atoms with Crippen molar-refractivity contribution in [2.45, 2.75) is 25.1 Å². The Kier molecular flexibility index (Phi) is 8.23. The second kappa shape index (κ2) is 12.1. The summed E-state index contributed by atoms with van der Waals surface area (Å²) in [7, 11) is 0. The van der Waals surface area contributed by atoms with Crippen LogP contribution in [-0.2, 0) is 15.7 Å². The Labute approximate surface area is 246 Å². The molecule has 0 saturated carbocycles. The summed E-state index contributed by atoms with van der Waals surface area (Å²) in [6, 6.07) is 14.2. The first kappa shape index (κ1) is 29.3. The molecule has 3 saturated heterocycles. The number of amides is 2. The molecule has 2 aromatic carbocycles. The van der Waals surface area contributed by atoms with Crippen LogP contribution < -0.4 is 5.32 Å². The van der Waals surface area contributed by atoms with Crippen molar-refractivity contribution in [3.05, 3.63) is 83.4 Å². The quantitative estimate of drug-likeness (QED) is 0.391. The Balaban J connectivity index is 1.09. The van der Waals surface area contributed by atoms with Crippen LogP contribution in [0.25, 0.3) is 5.69 Å². The number of benzene rings is 2. The molecular formula is C31H33F4N5O3. The predicted molar refractivity (Wildman–Crippen MR) is 149 cm³/mol. The fourth-order valence-electron chi connectivity index (χ4n) is 6.51. The largest absolute Gasteiger partial charge is 0.434 e. The summed E-state index contributed by atoms with van der Waals surface area (Å²) in [5, 5.41) is 7.06. The topological polar surface area (TPSA) is 79.7 Å². The van der Waals surface area contributed by atoms with Gasteiger partial charge < -0.3 is 19.9 Å². The van der Waals surface area contributed by atoms with E-state index in [1.54, 1.807) is 0 Å². The van der Waals surface area contributed by atoms with Gasteiger partial charge in [0.1, 0.15) is 5.82 Å². The molecule has 4 heterocycles. The summed E-state index contributed by atoms with van der Waals surface area (Å²) in [5.74, 6) is -1.14. The van der Waals surface area contributed by atoms with Crippen LogP contribution in [0.1, 0.15) is 40.5 Å². The number of halogens is 4. The number of hydrogen-bond donors (Lipinski definition) is 1. The van der Waals surface area contributed by atoms with Crippen LogP contribution >= 0.6 is 0 Å². The monoisotopic (exact) mass is 599 g/mol. The van der Waals surface area contributed by atoms with Crippen molar-refractivity contribution in [1.82, 2.24) is 24.9 Å². The number of nitrogens with one attached hydrogen (secondary N) is 1. The lowest BCUT2D eigenvalue weighted by Gasteiger charge is -2.25. The smallest absolute Gasteiger partial charge is 0.381 e. The lowest BCUT2D eigenvalue weighted by molar-refractivity contribution is -0.143. The average Bonchev–Trinajstić information content (AvgIpc) is 3.79. The highest BCUT2D eigenvalue weighted by Crippen LogP contribution is 2.37. The molecule has 0 aliphatic carbocycles. The molecule has 3 aliphatic heterocycles. The highest BCUT2D eigenvalue weighted by atomic mass is 19.4. The molecule has 3 aliphatic rings. The van der Waals surface area contributed by atoms with Crippen molar-refractivity contribution in [2.75, 3.05) is 45.9 Å². The fourth-order valence-corrected chi connectivity index (χ4v) is 6.51. The van der Waals surface area contributed by atoms with Crippen LogP contribution in [0.3, 0.4) is 0 Å². The van der Waals surface area contributed by atoms with E-state index in [1.807, 2.05) is 30.3 Å². The highest BCUT2D eigenvalue weighted by Gasteiger charge is 2.45. The van der Waals surface area contributed by atoms with Crippen molar-refractivity contribution < 1.29 is 31.9 Å². The molecule has 228 valence electrons. The van der Waals surface area contributed by atoms with Crippen molar-refractivity contribution in [3.63, 3.8) is 0 Å². The summed E-state index contributed by atoms with van der Waals surface area (Å²) >= 11 is 0. The minimum absolute atomic E-state index is 0.000208. The Morgan fingerprint density at radius 1 is 1.00 bits per heavy atom. The minimum atomic E-state index is -4.84. The molecular weight excluding hydrogens is 566 g/mol. The summed E-state index contributed by atoms with van der Waals surface area (Å²) in [6.45, 7) is 3.94. The van der Waals surface area contributed by atoms with Crippen LogP contribution in [0.2, 0.25) is 0 Å². The third-order valence-electron chi connectivity index (χ3n) is 8.74. The van der Waals surface area contributed by atoms with Gasteiger partial charge in [-0.1, -0.05) is 30.3 Å². The Morgan fingerprint density at radius 2 is 1.70 bits per heavy atom. The third kappa shape index (κ3) is 6.30. The van der Waals surface area contributed by atoms with Crippen LogP contribution in [0.5, 0.6) is 0 Å². The first-order valence-corrected chi connectivity index (χ1v) is 14.5. The molecule has 6 rings (SSSR count). The van der Waals surface area contributed by atoms with Gasteiger partial charge in [-0.25, -0.2) is 9.07 Å². The van der Waals surface area contributed by atoms with Gasteiger partial charge in [-0.15, -0.1) is 0 Å². The van der Waals surface area contributed by atoms with Crippen LogP contribution in [-0.4, -0.2) is 77.3 Å². The van der Waals surface area contributed by atoms with E-state index in [1.165, 1.54) is 17.0 Å². The van der Waals surface area contributed by atoms with Gasteiger partial charge in [-0.3, -0.25) is 9.59 Å². The van der Waals surface area contributed by atoms with Crippen LogP contribution in [0.15, 0.2) is 60.8 Å². The number of aromatic nitrogens is 2. The maximum Gasteiger partial charge on any atom is 0.434 e. The summed E-state index contributed by atoms with van der Waals surface area (Å²) < 4.78 is 61.8. The van der Waals surface area contributed by atoms with Gasteiger partial charge in [-0.2, -0.15) is 18.3 Å². The molecule has 3 aromatic rings. The number of likely N-dealkylation sites (tertiary alicyclic amines) is 2. The SMILES string of the molecule is O=C(NC(CCN1CC2CN(C(=O)c3cnn(-c4ccc(F)cc4)c3C(F)(F)F)C[C@@H]2C1)c1ccccc1)C1CCOC1. The molecule has 3 unspecified atom stereocenters. The Morgan fingerprint density at radius 3 is 2.33 bits per heavy atom. The Hall–Kier alpha value is -3.77. The van der Waals surface area contributed by atoms with Crippen LogP contribution in [0.4, 0.5) is 17.6 Å². The zero-order chi connectivity index (χ0) is 30.1. The van der Waals surface area contributed by atoms with Gasteiger partial charge in [0.25, 0.3) is 5.91 Å². The molecule has 1 aromatic heterocycles. The molecule has 12 heteroatoms. The zero-order valence-electron chi connectivity index (χ0n) is 23.5. The fraction of sp³-hybridized carbons (Fsp3) is 0.452. The van der Waals surface area contributed by atoms with Crippen molar-refractivity contribution >= 4 is 11.8 Å². The molecule has 0 radical (unpaired) electrons. The maximum atomic E-state index is 14.1. The normalized spacial score (nSPS) is 23.0. The molecule has 0 spiro atoms. The molecule has 1 N–H and O–H groups in total. The first-order valence-electron chi connectivity index (χ1n) is 14.5. The van der Waals surface area contributed by atoms with E-state index >= 15 is 0 Å². The summed E-state index contributed by atoms with van der Waals surface area (Å²) in [5.41, 5.74) is -0.625. The van der Waals surface area contributed by atoms with Crippen molar-refractivity contribution in [3.8, 4) is 5.69 Å². The zero-order valence-corrected chi connectivity index (χ0v) is 23.5. The predicted octanol–water partition coefficient (Wildman–Crippen LogP) is 4.32. The maximum absolute atomic E-state index is 14.1. The van der Waals surface area contributed by atoms with E-state index in [2.05, 4.69) is 15.3 Å². The number of fused-ring (bicyclic) bond motifs is 1. The van der Waals surface area contributed by atoms with Gasteiger partial charge in [0.2, 0.25) is 5.91 Å². The molecule has 43 heavy (non-hydrogen) atoms. The highest BCUT2D eigenvalue weighted by molar-refractivity contribution is 5.95. The van der Waals surface area contributed by atoms with Crippen molar-refractivity contribution in [1.29, 1.82) is 0 Å². The van der Waals surface area contributed by atoms with Gasteiger partial charge in [-0.05, 0) is 54.5 Å². The number of carbonyl (C=O) groups excluding carboxylic acids is 2. The second-order valence-corrected chi connectivity index (χ2v) is 11.6. The second-order valence-electron chi connectivity index (χ2n) is 11.6. The minimum Gasteiger partial charge on any atom is -0.381 e. The van der Waals surface area contributed by atoms with E-state index < -0.39 is 29.2 Å². The van der Waals surface area contributed by atoms with E-state index in [-0.39, 0.29) is 35.4 Å². The summed E-state index contributed by atoms with van der Waals surface area (Å²) in [6.07, 6.45) is -2.46. The van der Waals surface area contributed by atoms with Gasteiger partial charge in [0.15, 0.2) is 5.69 Å². The van der Waals surface area contributed by atoms with Crippen molar-refractivity contribution in [2.24, 2.45) is 17.8 Å². The van der Waals surface area contributed by atoms with E-state index in [0.29, 0.717) is 37.4 Å². The number of nitrogens with zero attached hydrogens (tertiary/aromatic N) is 4.